The minimum atomic E-state index is -0.170. The zero-order valence-corrected chi connectivity index (χ0v) is 18.0. The molecule has 3 heteroatoms. The molecule has 29 heavy (non-hydrogen) atoms. The summed E-state index contributed by atoms with van der Waals surface area (Å²) in [4.78, 5) is 14.5. The van der Waals surface area contributed by atoms with Crippen molar-refractivity contribution < 1.29 is 9.90 Å². The fourth-order valence-corrected chi connectivity index (χ4v) is 4.09. The van der Waals surface area contributed by atoms with Crippen LogP contribution in [0.5, 0.6) is 0 Å². The third kappa shape index (κ3) is 4.00. The van der Waals surface area contributed by atoms with Gasteiger partial charge >= 0.3 is 0 Å². The van der Waals surface area contributed by atoms with Crippen molar-refractivity contribution in [3.63, 3.8) is 0 Å². The molecule has 1 aliphatic rings. The van der Waals surface area contributed by atoms with E-state index in [2.05, 4.69) is 69.5 Å². The third-order valence-electron chi connectivity index (χ3n) is 5.80. The van der Waals surface area contributed by atoms with Crippen molar-refractivity contribution in [2.24, 2.45) is 0 Å². The normalized spacial score (nSPS) is 14.8. The highest BCUT2D eigenvalue weighted by Crippen LogP contribution is 2.38. The van der Waals surface area contributed by atoms with Gasteiger partial charge in [-0.3, -0.25) is 4.79 Å². The second-order valence-corrected chi connectivity index (χ2v) is 7.94. The first-order valence-electron chi connectivity index (χ1n) is 10.5. The lowest BCUT2D eigenvalue weighted by molar-refractivity contribution is -0.111. The molecule has 0 spiro atoms. The highest BCUT2D eigenvalue weighted by Gasteiger charge is 2.33. The van der Waals surface area contributed by atoms with E-state index in [9.17, 15) is 9.90 Å². The smallest absolute Gasteiger partial charge is 0.200 e. The number of rotatable bonds is 8. The maximum Gasteiger partial charge on any atom is 0.200 e. The summed E-state index contributed by atoms with van der Waals surface area (Å²) in [6.07, 6.45) is 4.55. The molecule has 0 aromatic heterocycles. The van der Waals surface area contributed by atoms with E-state index >= 15 is 0 Å². The molecule has 0 bridgehead atoms. The van der Waals surface area contributed by atoms with Crippen LogP contribution in [0, 0.1) is 13.8 Å². The molecule has 0 amide bonds. The van der Waals surface area contributed by atoms with Gasteiger partial charge in [-0.25, -0.2) is 0 Å². The van der Waals surface area contributed by atoms with Gasteiger partial charge in [0.1, 0.15) is 5.76 Å². The Morgan fingerprint density at radius 1 is 1.07 bits per heavy atom. The van der Waals surface area contributed by atoms with E-state index in [4.69, 9.17) is 0 Å². The highest BCUT2D eigenvalue weighted by atomic mass is 16.3. The Morgan fingerprint density at radius 2 is 1.76 bits per heavy atom. The van der Waals surface area contributed by atoms with Gasteiger partial charge in [0.15, 0.2) is 0 Å². The summed E-state index contributed by atoms with van der Waals surface area (Å²) in [5.41, 5.74) is 6.16. The molecule has 2 aromatic carbocycles. The zero-order valence-electron chi connectivity index (χ0n) is 18.0. The van der Waals surface area contributed by atoms with E-state index in [0.29, 0.717) is 11.6 Å². The predicted molar refractivity (Wildman–Crippen MR) is 122 cm³/mol. The Kier molecular flexibility index (Phi) is 6.26. The van der Waals surface area contributed by atoms with Crippen molar-refractivity contribution in [2.45, 2.75) is 59.4 Å². The summed E-state index contributed by atoms with van der Waals surface area (Å²) in [6.45, 7) is 12.4. The van der Waals surface area contributed by atoms with Crippen molar-refractivity contribution >= 4 is 22.7 Å². The van der Waals surface area contributed by atoms with E-state index in [1.165, 1.54) is 29.7 Å². The third-order valence-corrected chi connectivity index (χ3v) is 5.80. The molecule has 1 aliphatic carbocycles. The number of benzene rings is 2. The van der Waals surface area contributed by atoms with Crippen LogP contribution in [0.1, 0.15) is 56.2 Å². The van der Waals surface area contributed by atoms with E-state index < -0.39 is 0 Å². The maximum absolute atomic E-state index is 12.0. The lowest BCUT2D eigenvalue weighted by Gasteiger charge is -2.35. The molecule has 0 aliphatic heterocycles. The number of hydrogen-bond acceptors (Lipinski definition) is 3. The Balaban J connectivity index is 2.02. The van der Waals surface area contributed by atoms with Crippen LogP contribution in [-0.2, 0) is 4.79 Å². The molecule has 3 nitrogen and oxygen atoms in total. The fraction of sp³-hybridized carbons (Fsp3) is 0.346. The average Bonchev–Trinajstić information content (AvgIpc) is 2.72. The van der Waals surface area contributed by atoms with E-state index in [-0.39, 0.29) is 17.1 Å². The number of Topliss-reactive ketones (excluding diaryl/α,β-unsaturated/α-hetero) is 1. The number of aryl methyl sites for hydroxylation is 2. The number of carbonyl (C=O) groups excluding carboxylic acids is 1. The van der Waals surface area contributed by atoms with Crippen LogP contribution in [0.25, 0.3) is 5.57 Å². The number of carbonyl (C=O) groups is 1. The van der Waals surface area contributed by atoms with Crippen LogP contribution in [-0.4, -0.2) is 16.9 Å². The highest BCUT2D eigenvalue weighted by molar-refractivity contribution is 6.38. The topological polar surface area (TPSA) is 40.5 Å². The molecule has 0 fully saturated rings. The van der Waals surface area contributed by atoms with Gasteiger partial charge in [0, 0.05) is 17.4 Å². The van der Waals surface area contributed by atoms with E-state index in [1.807, 2.05) is 12.1 Å². The fourth-order valence-electron chi connectivity index (χ4n) is 4.09. The van der Waals surface area contributed by atoms with Crippen LogP contribution >= 0.6 is 0 Å². The predicted octanol–water partition coefficient (Wildman–Crippen LogP) is 6.82. The second kappa shape index (κ2) is 8.69. The van der Waals surface area contributed by atoms with Crippen molar-refractivity contribution in [1.29, 1.82) is 0 Å². The lowest BCUT2D eigenvalue weighted by atomic mass is 9.84. The molecule has 1 unspecified atom stereocenters. The largest absolute Gasteiger partial charge is 0.506 e. The summed E-state index contributed by atoms with van der Waals surface area (Å²) in [5.74, 6) is -0.153. The molecule has 152 valence electrons. The van der Waals surface area contributed by atoms with Crippen LogP contribution in [0.15, 0.2) is 60.4 Å². The standard InChI is InChI=1S/C26H31NO2/c1-6-8-9-21(7-2)27(23-15-10-17(3)16-18(23)4)22-13-11-20(12-14-22)24-25(28)19(5)26(24)29/h10-16,21,28H,5-9H2,1-4H3. The first-order chi connectivity index (χ1) is 13.9. The molecule has 0 saturated heterocycles. The van der Waals surface area contributed by atoms with Gasteiger partial charge in [-0.1, -0.05) is 63.1 Å². The molecule has 0 radical (unpaired) electrons. The Morgan fingerprint density at radius 3 is 2.31 bits per heavy atom. The van der Waals surface area contributed by atoms with Crippen LogP contribution in [0.4, 0.5) is 11.4 Å². The van der Waals surface area contributed by atoms with Gasteiger partial charge in [-0.15, -0.1) is 0 Å². The SMILES string of the molecule is C=C1C(=O)C(c2ccc(N(c3ccc(C)cc3C)C(CC)CCCC)cc2)=C1O. The minimum Gasteiger partial charge on any atom is -0.506 e. The van der Waals surface area contributed by atoms with Gasteiger partial charge in [0.25, 0.3) is 0 Å². The summed E-state index contributed by atoms with van der Waals surface area (Å²) < 4.78 is 0. The Labute approximate surface area is 174 Å². The summed E-state index contributed by atoms with van der Waals surface area (Å²) in [6, 6.07) is 15.0. The molecular formula is C26H31NO2. The minimum absolute atomic E-state index is 0.0170. The van der Waals surface area contributed by atoms with Crippen molar-refractivity contribution in [2.75, 3.05) is 4.90 Å². The monoisotopic (exact) mass is 389 g/mol. The molecule has 0 heterocycles. The quantitative estimate of drug-likeness (QED) is 0.504. The Hall–Kier alpha value is -2.81. The maximum atomic E-state index is 12.0. The molecule has 3 rings (SSSR count). The van der Waals surface area contributed by atoms with Gasteiger partial charge in [0.05, 0.1) is 11.1 Å². The number of aliphatic hydroxyl groups is 1. The number of unbranched alkanes of at least 4 members (excludes halogenated alkanes) is 1. The van der Waals surface area contributed by atoms with Crippen LogP contribution < -0.4 is 4.90 Å². The van der Waals surface area contributed by atoms with Gasteiger partial charge in [-0.2, -0.15) is 0 Å². The van der Waals surface area contributed by atoms with Crippen molar-refractivity contribution in [3.05, 3.63) is 77.1 Å². The summed E-state index contributed by atoms with van der Waals surface area (Å²) in [7, 11) is 0. The molecule has 1 N–H and O–H groups in total. The van der Waals surface area contributed by atoms with Gasteiger partial charge < -0.3 is 10.0 Å². The number of hydrogen-bond donors (Lipinski definition) is 1. The first kappa shape index (κ1) is 20.9. The number of allylic oxidation sites excluding steroid dienone is 2. The number of ketones is 1. The molecule has 1 atom stereocenters. The average molecular weight is 390 g/mol. The van der Waals surface area contributed by atoms with Crippen molar-refractivity contribution in [1.82, 2.24) is 0 Å². The van der Waals surface area contributed by atoms with Crippen LogP contribution in [0.2, 0.25) is 0 Å². The zero-order chi connectivity index (χ0) is 21.1. The second-order valence-electron chi connectivity index (χ2n) is 7.94. The first-order valence-corrected chi connectivity index (χ1v) is 10.5. The molecule has 0 saturated carbocycles. The molecular weight excluding hydrogens is 358 g/mol. The lowest BCUT2D eigenvalue weighted by Crippen LogP contribution is -2.31. The molecule has 2 aromatic rings. The Bertz CT molecular complexity index is 953. The summed E-state index contributed by atoms with van der Waals surface area (Å²) >= 11 is 0. The number of aliphatic hydroxyl groups excluding tert-OH is 1. The number of nitrogens with zero attached hydrogens (tertiary/aromatic N) is 1. The summed E-state index contributed by atoms with van der Waals surface area (Å²) in [5, 5.41) is 9.99. The van der Waals surface area contributed by atoms with Crippen LogP contribution in [0.3, 0.4) is 0 Å². The number of anilines is 2. The van der Waals surface area contributed by atoms with E-state index in [0.717, 1.165) is 24.1 Å². The van der Waals surface area contributed by atoms with Gasteiger partial charge in [-0.05, 0) is 56.0 Å². The van der Waals surface area contributed by atoms with Gasteiger partial charge in [0.2, 0.25) is 5.78 Å². The van der Waals surface area contributed by atoms with Crippen molar-refractivity contribution in [3.8, 4) is 0 Å². The van der Waals surface area contributed by atoms with E-state index in [1.54, 1.807) is 0 Å².